The number of rotatable bonds is 62. The molecular formula is C68H123O11P. The van der Waals surface area contributed by atoms with Crippen molar-refractivity contribution < 1.29 is 52.2 Å². The summed E-state index contributed by atoms with van der Waals surface area (Å²) in [6.45, 7) is 4.63. The Hall–Kier alpha value is -2.82. The second kappa shape index (κ2) is 62.2. The molecule has 12 heteroatoms. The van der Waals surface area contributed by atoms with Crippen LogP contribution in [0.15, 0.2) is 60.8 Å². The predicted octanol–water partition coefficient (Wildman–Crippen LogP) is 20.3. The maximum Gasteiger partial charge on any atom is 0.472 e. The van der Waals surface area contributed by atoms with Crippen LogP contribution in [0.25, 0.3) is 0 Å². The number of phosphoric acid groups is 1. The predicted molar refractivity (Wildman–Crippen MR) is 335 cm³/mol. The molecule has 0 spiro atoms. The van der Waals surface area contributed by atoms with E-state index in [9.17, 15) is 28.9 Å². The monoisotopic (exact) mass is 1150 g/mol. The fraction of sp³-hybridized carbons (Fsp3) is 0.809. The van der Waals surface area contributed by atoms with Crippen LogP contribution in [0.5, 0.6) is 0 Å². The number of carbonyl (C=O) groups excluding carboxylic acids is 3. The van der Waals surface area contributed by atoms with Crippen LogP contribution in [0.2, 0.25) is 0 Å². The zero-order valence-corrected chi connectivity index (χ0v) is 52.7. The second-order valence-corrected chi connectivity index (χ2v) is 23.7. The molecule has 0 aliphatic rings. The third kappa shape index (κ3) is 59.8. The Morgan fingerprint density at radius 2 is 0.613 bits per heavy atom. The van der Waals surface area contributed by atoms with E-state index in [0.717, 1.165) is 103 Å². The first-order valence-corrected chi connectivity index (χ1v) is 34.7. The van der Waals surface area contributed by atoms with E-state index in [4.69, 9.17) is 23.3 Å². The molecule has 0 fully saturated rings. The van der Waals surface area contributed by atoms with Gasteiger partial charge in [0.2, 0.25) is 0 Å². The van der Waals surface area contributed by atoms with Crippen LogP contribution in [0.1, 0.15) is 316 Å². The van der Waals surface area contributed by atoms with Crippen LogP contribution < -0.4 is 0 Å². The molecule has 0 aromatic heterocycles. The van der Waals surface area contributed by atoms with Crippen molar-refractivity contribution in [3.8, 4) is 0 Å². The molecule has 0 aromatic rings. The molecule has 0 aromatic carbocycles. The van der Waals surface area contributed by atoms with Crippen molar-refractivity contribution in [2.24, 2.45) is 0 Å². The van der Waals surface area contributed by atoms with Crippen LogP contribution in [0.4, 0.5) is 0 Å². The summed E-state index contributed by atoms with van der Waals surface area (Å²) in [4.78, 5) is 48.8. The van der Waals surface area contributed by atoms with Crippen molar-refractivity contribution in [1.29, 1.82) is 0 Å². The summed E-state index contributed by atoms with van der Waals surface area (Å²) in [5.41, 5.74) is 0. The van der Waals surface area contributed by atoms with E-state index in [0.29, 0.717) is 19.3 Å². The maximum absolute atomic E-state index is 13.0. The van der Waals surface area contributed by atoms with Gasteiger partial charge in [0.1, 0.15) is 12.7 Å². The van der Waals surface area contributed by atoms with Gasteiger partial charge in [-0.15, -0.1) is 0 Å². The minimum Gasteiger partial charge on any atom is -0.462 e. The van der Waals surface area contributed by atoms with Crippen LogP contribution in [0.3, 0.4) is 0 Å². The number of hydrogen-bond donors (Lipinski definition) is 2. The number of esters is 3. The lowest BCUT2D eigenvalue weighted by Gasteiger charge is -2.21. The van der Waals surface area contributed by atoms with Gasteiger partial charge in [-0.2, -0.15) is 0 Å². The fourth-order valence-electron chi connectivity index (χ4n) is 9.34. The summed E-state index contributed by atoms with van der Waals surface area (Å²) >= 11 is 0. The molecule has 0 rings (SSSR count). The Morgan fingerprint density at radius 3 is 0.963 bits per heavy atom. The van der Waals surface area contributed by atoms with Gasteiger partial charge in [0.25, 0.3) is 0 Å². The summed E-state index contributed by atoms with van der Waals surface area (Å²) < 4.78 is 39.7. The molecule has 466 valence electrons. The lowest BCUT2D eigenvalue weighted by molar-refractivity contribution is -0.161. The first-order valence-electron chi connectivity index (χ1n) is 33.2. The highest BCUT2D eigenvalue weighted by molar-refractivity contribution is 7.47. The Morgan fingerprint density at radius 1 is 0.350 bits per heavy atom. The minimum absolute atomic E-state index is 0.152. The minimum atomic E-state index is -4.76. The molecule has 11 nitrogen and oxygen atoms in total. The largest absolute Gasteiger partial charge is 0.472 e. The molecular weight excluding hydrogens is 1020 g/mol. The molecule has 0 bridgehead atoms. The number of aliphatic hydroxyl groups excluding tert-OH is 1. The molecule has 0 radical (unpaired) electrons. The number of ether oxygens (including phenoxy) is 3. The van der Waals surface area contributed by atoms with Gasteiger partial charge < -0.3 is 24.2 Å². The summed E-state index contributed by atoms with van der Waals surface area (Å²) in [6.07, 6.45) is 70.2. The first-order chi connectivity index (χ1) is 39.2. The number of hydrogen-bond acceptors (Lipinski definition) is 10. The molecule has 0 saturated heterocycles. The molecule has 0 heterocycles. The highest BCUT2D eigenvalue weighted by Crippen LogP contribution is 2.43. The third-order valence-electron chi connectivity index (χ3n) is 14.4. The Labute approximate surface area is 491 Å². The second-order valence-electron chi connectivity index (χ2n) is 22.3. The number of carbonyl (C=O) groups is 3. The number of phosphoric ester groups is 1. The lowest BCUT2D eigenvalue weighted by Crippen LogP contribution is -2.30. The normalized spacial score (nSPS) is 13.6. The number of aliphatic hydroxyl groups is 1. The van der Waals surface area contributed by atoms with Crippen LogP contribution in [-0.2, 0) is 42.2 Å². The topological polar surface area (TPSA) is 155 Å². The molecule has 0 aliphatic carbocycles. The maximum atomic E-state index is 13.0. The average Bonchev–Trinajstić information content (AvgIpc) is 3.45. The quantitative estimate of drug-likeness (QED) is 0.0197. The van der Waals surface area contributed by atoms with E-state index < -0.39 is 57.8 Å². The van der Waals surface area contributed by atoms with Crippen LogP contribution in [-0.4, -0.2) is 66.5 Å². The summed E-state index contributed by atoms with van der Waals surface area (Å²) in [5, 5.41) is 9.86. The average molecular weight is 1150 g/mol. The zero-order chi connectivity index (χ0) is 58.3. The molecule has 0 saturated carbocycles. The highest BCUT2D eigenvalue weighted by Gasteiger charge is 2.28. The van der Waals surface area contributed by atoms with Gasteiger partial charge in [0.15, 0.2) is 6.10 Å². The molecule has 0 amide bonds. The standard InChI is InChI=1S/C68H123O11P/c1-4-7-10-13-16-19-22-25-28-31-32-35-38-41-44-47-50-53-56-59-68(72)79-65(61-75-66(70)57-54-51-48-45-42-39-36-33-29-26-23-20-17-14-11-8-5-2)63-77-80(73,74)76-62-64(60-69)78-67(71)58-55-52-49-46-43-40-37-34-30-27-24-21-18-15-12-9-6-3/h16-17,19-20,25-26,28-29,32,35,64-65,69H,4-15,18,21-24,27,30-31,33-34,36-63H2,1-3H3,(H,73,74)/b19-16-,20-17-,28-25-,29-26-,35-32-. The van der Waals surface area contributed by atoms with Gasteiger partial charge in [0, 0.05) is 19.3 Å². The zero-order valence-electron chi connectivity index (χ0n) is 51.8. The van der Waals surface area contributed by atoms with E-state index in [1.165, 1.54) is 154 Å². The smallest absolute Gasteiger partial charge is 0.462 e. The lowest BCUT2D eigenvalue weighted by atomic mass is 10.0. The first kappa shape index (κ1) is 77.2. The number of allylic oxidation sites excluding steroid dienone is 10. The van der Waals surface area contributed by atoms with Crippen molar-refractivity contribution in [1.82, 2.24) is 0 Å². The summed E-state index contributed by atoms with van der Waals surface area (Å²) in [7, 11) is -4.76. The van der Waals surface area contributed by atoms with Gasteiger partial charge in [-0.1, -0.05) is 268 Å². The van der Waals surface area contributed by atoms with Gasteiger partial charge in [-0.25, -0.2) is 4.57 Å². The van der Waals surface area contributed by atoms with Gasteiger partial charge in [-0.3, -0.25) is 23.4 Å². The Bertz CT molecular complexity index is 1570. The van der Waals surface area contributed by atoms with Crippen molar-refractivity contribution in [2.75, 3.05) is 26.4 Å². The summed E-state index contributed by atoms with van der Waals surface area (Å²) in [6, 6.07) is 0. The van der Waals surface area contributed by atoms with E-state index >= 15 is 0 Å². The van der Waals surface area contributed by atoms with Crippen molar-refractivity contribution in [3.63, 3.8) is 0 Å². The van der Waals surface area contributed by atoms with Gasteiger partial charge in [0.05, 0.1) is 19.8 Å². The van der Waals surface area contributed by atoms with Gasteiger partial charge in [-0.05, 0) is 89.9 Å². The number of unbranched alkanes of at least 4 members (excludes halogenated alkanes) is 35. The van der Waals surface area contributed by atoms with E-state index in [1.807, 2.05) is 0 Å². The van der Waals surface area contributed by atoms with Crippen LogP contribution in [0, 0.1) is 0 Å². The van der Waals surface area contributed by atoms with Crippen molar-refractivity contribution in [2.45, 2.75) is 328 Å². The van der Waals surface area contributed by atoms with E-state index in [1.54, 1.807) is 0 Å². The van der Waals surface area contributed by atoms with Gasteiger partial charge >= 0.3 is 25.7 Å². The van der Waals surface area contributed by atoms with E-state index in [-0.39, 0.29) is 25.9 Å². The third-order valence-corrected chi connectivity index (χ3v) is 15.4. The molecule has 3 atom stereocenters. The Kier molecular flexibility index (Phi) is 60.0. The SMILES string of the molecule is CCCCC/C=C\C/C=C\C/C=C\CCCCCCCCC(=O)OC(COC(=O)CCCCCCCCC/C=C\C/C=C\CCCCC)COP(=O)(O)OCC(CO)OC(=O)CCCCCCCCCCCCCCCCCCC. The van der Waals surface area contributed by atoms with E-state index in [2.05, 4.69) is 81.5 Å². The fourth-order valence-corrected chi connectivity index (χ4v) is 10.1. The van der Waals surface area contributed by atoms with Crippen molar-refractivity contribution in [3.05, 3.63) is 60.8 Å². The molecule has 2 N–H and O–H groups in total. The molecule has 3 unspecified atom stereocenters. The molecule has 80 heavy (non-hydrogen) atoms. The molecule has 0 aliphatic heterocycles. The highest BCUT2D eigenvalue weighted by atomic mass is 31.2. The van der Waals surface area contributed by atoms with Crippen molar-refractivity contribution >= 4 is 25.7 Å². The van der Waals surface area contributed by atoms with Crippen LogP contribution >= 0.6 is 7.82 Å². The summed E-state index contributed by atoms with van der Waals surface area (Å²) in [5.74, 6) is -1.47. The Balaban J connectivity index is 4.70.